The maximum absolute atomic E-state index is 13.5. The van der Waals surface area contributed by atoms with Crippen molar-refractivity contribution >= 4 is 37.7 Å². The van der Waals surface area contributed by atoms with Crippen LogP contribution < -0.4 is 14.7 Å². The summed E-state index contributed by atoms with van der Waals surface area (Å²) in [5.41, 5.74) is 3.67. The zero-order valence-electron chi connectivity index (χ0n) is 16.7. The molecule has 0 saturated heterocycles. The molecule has 2 aromatic heterocycles. The molecule has 0 unspecified atom stereocenters. The zero-order chi connectivity index (χ0) is 21.9. The van der Waals surface area contributed by atoms with Crippen LogP contribution in [0.15, 0.2) is 81.0 Å². The number of hydrogen-bond donors (Lipinski definition) is 2. The summed E-state index contributed by atoms with van der Waals surface area (Å²) in [7, 11) is -3.88. The smallest absolute Gasteiger partial charge is 0.323 e. The molecule has 32 heavy (non-hydrogen) atoms. The maximum atomic E-state index is 13.5. The third-order valence-electron chi connectivity index (χ3n) is 5.64. The van der Waals surface area contributed by atoms with E-state index in [2.05, 4.69) is 9.97 Å². The molecule has 0 fully saturated rings. The van der Waals surface area contributed by atoms with Gasteiger partial charge in [-0.1, -0.05) is 12.1 Å². The Bertz CT molecular complexity index is 1660. The lowest BCUT2D eigenvalue weighted by molar-refractivity contribution is 0.316. The quantitative estimate of drug-likeness (QED) is 0.437. The number of H-pyrrole nitrogens is 2. The molecule has 6 rings (SSSR count). The van der Waals surface area contributed by atoms with Crippen molar-refractivity contribution in [3.63, 3.8) is 0 Å². The van der Waals surface area contributed by atoms with Gasteiger partial charge in [-0.15, -0.1) is 0 Å². The lowest BCUT2D eigenvalue weighted by Gasteiger charge is -2.31. The van der Waals surface area contributed by atoms with Gasteiger partial charge in [-0.2, -0.15) is 0 Å². The Morgan fingerprint density at radius 1 is 0.875 bits per heavy atom. The molecule has 0 aliphatic carbocycles. The lowest BCUT2D eigenvalue weighted by atomic mass is 10.0. The predicted molar refractivity (Wildman–Crippen MR) is 121 cm³/mol. The van der Waals surface area contributed by atoms with Crippen molar-refractivity contribution < 1.29 is 17.6 Å². The topological polar surface area (TPSA) is 108 Å². The Labute approximate surface area is 182 Å². The van der Waals surface area contributed by atoms with Gasteiger partial charge in [-0.05, 0) is 59.7 Å². The third kappa shape index (κ3) is 2.89. The van der Waals surface area contributed by atoms with E-state index in [1.165, 1.54) is 16.4 Å². The Hall–Kier alpha value is -3.98. The van der Waals surface area contributed by atoms with Crippen molar-refractivity contribution in [1.29, 1.82) is 0 Å². The summed E-state index contributed by atoms with van der Waals surface area (Å²) < 4.78 is 39.6. The summed E-state index contributed by atoms with van der Waals surface area (Å²) in [5.74, 6) is 0.504. The van der Waals surface area contributed by atoms with Gasteiger partial charge < -0.3 is 19.1 Å². The van der Waals surface area contributed by atoms with E-state index in [0.717, 1.165) is 22.1 Å². The number of aromatic nitrogens is 2. The van der Waals surface area contributed by atoms with Gasteiger partial charge in [0.25, 0.3) is 10.0 Å². The van der Waals surface area contributed by atoms with Gasteiger partial charge in [-0.25, -0.2) is 13.2 Å². The Morgan fingerprint density at radius 2 is 1.69 bits per heavy atom. The van der Waals surface area contributed by atoms with E-state index < -0.39 is 10.0 Å². The number of hydrogen-bond acceptors (Lipinski definition) is 5. The van der Waals surface area contributed by atoms with Crippen LogP contribution in [0.3, 0.4) is 0 Å². The Morgan fingerprint density at radius 3 is 2.59 bits per heavy atom. The van der Waals surface area contributed by atoms with Gasteiger partial charge in [0.15, 0.2) is 0 Å². The van der Waals surface area contributed by atoms with Crippen molar-refractivity contribution in [2.24, 2.45) is 0 Å². The van der Waals surface area contributed by atoms with Crippen LogP contribution in [0, 0.1) is 0 Å². The highest BCUT2D eigenvalue weighted by molar-refractivity contribution is 7.92. The van der Waals surface area contributed by atoms with Crippen LogP contribution in [-0.4, -0.2) is 31.5 Å². The highest BCUT2D eigenvalue weighted by atomic mass is 32.2. The SMILES string of the molecule is O=c1[nH]c2ccc(S(=O)(=O)N3CCOc4ccc(-c5ccc6occc6c5)cc43)cc2[nH]1. The van der Waals surface area contributed by atoms with Crippen LogP contribution in [0.4, 0.5) is 5.69 Å². The first-order chi connectivity index (χ1) is 15.5. The minimum absolute atomic E-state index is 0.0957. The van der Waals surface area contributed by atoms with Crippen LogP contribution in [0.1, 0.15) is 0 Å². The molecular weight excluding hydrogens is 430 g/mol. The summed E-state index contributed by atoms with van der Waals surface area (Å²) >= 11 is 0. The molecule has 1 aliphatic heterocycles. The number of sulfonamides is 1. The summed E-state index contributed by atoms with van der Waals surface area (Å²) in [5, 5.41) is 0.967. The largest absolute Gasteiger partial charge is 0.489 e. The van der Waals surface area contributed by atoms with E-state index >= 15 is 0 Å². The number of aromatic amines is 2. The fourth-order valence-electron chi connectivity index (χ4n) is 4.07. The summed E-state index contributed by atoms with van der Waals surface area (Å²) in [6, 6.07) is 17.8. The van der Waals surface area contributed by atoms with Crippen molar-refractivity contribution in [3.8, 4) is 16.9 Å². The van der Waals surface area contributed by atoms with Crippen molar-refractivity contribution in [3.05, 3.63) is 77.4 Å². The molecule has 1 aliphatic rings. The standard InChI is InChI=1S/C23H17N3O5S/c27-23-24-18-4-3-17(13-19(18)25-23)32(28,29)26-8-10-31-22-6-2-15(12-20(22)26)14-1-5-21-16(11-14)7-9-30-21/h1-7,9,11-13H,8,10H2,(H2,24,25,27). The first kappa shape index (κ1) is 18.8. The van der Waals surface area contributed by atoms with E-state index in [9.17, 15) is 13.2 Å². The zero-order valence-corrected chi connectivity index (χ0v) is 17.5. The van der Waals surface area contributed by atoms with Gasteiger partial charge in [-0.3, -0.25) is 4.31 Å². The van der Waals surface area contributed by atoms with E-state index in [1.807, 2.05) is 36.4 Å². The maximum Gasteiger partial charge on any atom is 0.323 e. The number of imidazole rings is 1. The molecule has 3 aromatic carbocycles. The monoisotopic (exact) mass is 447 g/mol. The summed E-state index contributed by atoms with van der Waals surface area (Å²) in [6.45, 7) is 0.428. The molecule has 0 bridgehead atoms. The Kier molecular flexibility index (Phi) is 3.96. The molecule has 0 saturated carbocycles. The van der Waals surface area contributed by atoms with Crippen molar-refractivity contribution in [2.75, 3.05) is 17.5 Å². The average Bonchev–Trinajstić information content (AvgIpc) is 3.42. The molecule has 5 aromatic rings. The second-order valence-corrected chi connectivity index (χ2v) is 9.43. The van der Waals surface area contributed by atoms with Gasteiger partial charge in [0, 0.05) is 5.39 Å². The van der Waals surface area contributed by atoms with Gasteiger partial charge in [0.05, 0.1) is 34.4 Å². The number of benzene rings is 3. The van der Waals surface area contributed by atoms with Crippen LogP contribution in [0.5, 0.6) is 5.75 Å². The average molecular weight is 447 g/mol. The van der Waals surface area contributed by atoms with Crippen LogP contribution in [-0.2, 0) is 10.0 Å². The summed E-state index contributed by atoms with van der Waals surface area (Å²) in [6.07, 6.45) is 1.64. The van der Waals surface area contributed by atoms with Crippen molar-refractivity contribution in [1.82, 2.24) is 9.97 Å². The van der Waals surface area contributed by atoms with Crippen LogP contribution >= 0.6 is 0 Å². The molecule has 0 spiro atoms. The number of nitrogens with zero attached hydrogens (tertiary/aromatic N) is 1. The molecule has 0 amide bonds. The number of fused-ring (bicyclic) bond motifs is 3. The molecule has 9 heteroatoms. The summed E-state index contributed by atoms with van der Waals surface area (Å²) in [4.78, 5) is 16.9. The highest BCUT2D eigenvalue weighted by Gasteiger charge is 2.31. The van der Waals surface area contributed by atoms with E-state index in [4.69, 9.17) is 9.15 Å². The Balaban J connectivity index is 1.45. The van der Waals surface area contributed by atoms with E-state index in [1.54, 1.807) is 18.4 Å². The van der Waals surface area contributed by atoms with Crippen molar-refractivity contribution in [2.45, 2.75) is 4.90 Å². The molecule has 2 N–H and O–H groups in total. The lowest BCUT2D eigenvalue weighted by Crippen LogP contribution is -2.37. The molecule has 8 nitrogen and oxygen atoms in total. The predicted octanol–water partition coefficient (Wildman–Crippen LogP) is 3.86. The highest BCUT2D eigenvalue weighted by Crippen LogP contribution is 2.39. The number of ether oxygens (including phenoxy) is 1. The minimum atomic E-state index is -3.88. The molecule has 3 heterocycles. The van der Waals surface area contributed by atoms with Gasteiger partial charge in [0.1, 0.15) is 17.9 Å². The minimum Gasteiger partial charge on any atom is -0.489 e. The third-order valence-corrected chi connectivity index (χ3v) is 7.45. The second kappa shape index (κ2) is 6.76. The normalized spacial score (nSPS) is 13.9. The first-order valence-electron chi connectivity index (χ1n) is 9.98. The fraction of sp³-hybridized carbons (Fsp3) is 0.0870. The van der Waals surface area contributed by atoms with Crippen LogP contribution in [0.25, 0.3) is 33.1 Å². The second-order valence-electron chi connectivity index (χ2n) is 7.57. The molecular formula is C23H17N3O5S. The molecule has 160 valence electrons. The first-order valence-corrected chi connectivity index (χ1v) is 11.4. The van der Waals surface area contributed by atoms with Crippen LogP contribution in [0.2, 0.25) is 0 Å². The number of rotatable bonds is 3. The number of nitrogens with one attached hydrogen (secondary N) is 2. The van der Waals surface area contributed by atoms with Gasteiger partial charge >= 0.3 is 5.69 Å². The fourth-order valence-corrected chi connectivity index (χ4v) is 5.55. The number of furan rings is 1. The van der Waals surface area contributed by atoms with Gasteiger partial charge in [0.2, 0.25) is 0 Å². The van der Waals surface area contributed by atoms with E-state index in [-0.39, 0.29) is 23.7 Å². The molecule has 0 atom stereocenters. The molecule has 0 radical (unpaired) electrons. The van der Waals surface area contributed by atoms with E-state index in [0.29, 0.717) is 22.5 Å². The number of anilines is 1.